The first-order valence-electron chi connectivity index (χ1n) is 8.22. The van der Waals surface area contributed by atoms with Gasteiger partial charge < -0.3 is 44.9 Å². The average molecular weight is 423 g/mol. The number of hydrogen-bond donors (Lipinski definition) is 2. The molecule has 26 heavy (non-hydrogen) atoms. The molecule has 1 aromatic heterocycles. The summed E-state index contributed by atoms with van der Waals surface area (Å²) in [6.07, 6.45) is 2.93. The van der Waals surface area contributed by atoms with Gasteiger partial charge in [-0.05, 0) is 24.3 Å². The molecule has 0 aliphatic carbocycles. The summed E-state index contributed by atoms with van der Waals surface area (Å²) < 4.78 is 11.3. The Morgan fingerprint density at radius 2 is 1.81 bits per heavy atom. The minimum Gasteiger partial charge on any atom is -1.00 e. The molecule has 2 rings (SSSR count). The Bertz CT molecular complexity index is 628. The van der Waals surface area contributed by atoms with Crippen molar-refractivity contribution in [3.8, 4) is 11.5 Å². The second-order valence-electron chi connectivity index (χ2n) is 5.60. The summed E-state index contributed by atoms with van der Waals surface area (Å²) in [6.45, 7) is 3.68. The van der Waals surface area contributed by atoms with E-state index in [1.54, 1.807) is 19.4 Å². The van der Waals surface area contributed by atoms with Gasteiger partial charge in [0.25, 0.3) is 0 Å². The number of aromatic nitrogens is 1. The van der Waals surface area contributed by atoms with Crippen LogP contribution in [0.25, 0.3) is 0 Å². The van der Waals surface area contributed by atoms with Crippen molar-refractivity contribution in [2.45, 2.75) is 19.6 Å². The third kappa shape index (κ3) is 8.43. The number of methoxy groups -OCH3 is 1. The van der Waals surface area contributed by atoms with E-state index in [4.69, 9.17) is 21.1 Å². The quantitative estimate of drug-likeness (QED) is 0.298. The molecule has 2 aromatic rings. The van der Waals surface area contributed by atoms with E-state index in [-0.39, 0.29) is 24.8 Å². The molecule has 0 unspecified atom stereocenters. The average Bonchev–Trinajstić information content (AvgIpc) is 2.61. The molecule has 0 aliphatic heterocycles. The zero-order chi connectivity index (χ0) is 17.2. The normalized spacial score (nSPS) is 9.81. The Balaban J connectivity index is 0.00000312. The highest BCUT2D eigenvalue weighted by Gasteiger charge is 2.07. The lowest BCUT2D eigenvalue weighted by molar-refractivity contribution is -0.682. The third-order valence-electron chi connectivity index (χ3n) is 3.69. The number of nitrogens with two attached hydrogens (primary N) is 2. The van der Waals surface area contributed by atoms with Gasteiger partial charge in [-0.15, -0.1) is 0 Å². The molecule has 1 aromatic carbocycles. The van der Waals surface area contributed by atoms with E-state index >= 15 is 0 Å². The van der Waals surface area contributed by atoms with E-state index in [9.17, 15) is 0 Å². The van der Waals surface area contributed by atoms with Gasteiger partial charge in [-0.2, -0.15) is 0 Å². The molecule has 0 aliphatic rings. The van der Waals surface area contributed by atoms with Crippen molar-refractivity contribution in [1.29, 1.82) is 0 Å². The Hall–Kier alpha value is -1.24. The van der Waals surface area contributed by atoms with Gasteiger partial charge in [0.15, 0.2) is 11.5 Å². The zero-order valence-corrected chi connectivity index (χ0v) is 17.3. The first kappa shape index (κ1) is 24.8. The SMILES string of the molecule is C[NH2+]CCC[NH2+]Cc1ccc(OCc2ccc(Cl)nc2)c(OC)c1.[Cl-].[Cl-]. The Morgan fingerprint density at radius 1 is 1.04 bits per heavy atom. The molecule has 146 valence electrons. The molecule has 0 saturated heterocycles. The van der Waals surface area contributed by atoms with Crippen LogP contribution in [0.15, 0.2) is 36.5 Å². The summed E-state index contributed by atoms with van der Waals surface area (Å²) in [7, 11) is 3.76. The molecule has 0 atom stereocenters. The molecule has 0 spiro atoms. The highest BCUT2D eigenvalue weighted by Crippen LogP contribution is 2.28. The first-order valence-corrected chi connectivity index (χ1v) is 8.60. The number of halogens is 3. The molecule has 0 saturated carbocycles. The molecule has 0 bridgehead atoms. The molecule has 4 N–H and O–H groups in total. The summed E-state index contributed by atoms with van der Waals surface area (Å²) >= 11 is 5.79. The van der Waals surface area contributed by atoms with Crippen molar-refractivity contribution >= 4 is 11.6 Å². The Morgan fingerprint density at radius 3 is 2.46 bits per heavy atom. The Kier molecular flexibility index (Phi) is 13.2. The second kappa shape index (κ2) is 13.9. The number of ether oxygens (including phenoxy) is 2. The van der Waals surface area contributed by atoms with Crippen molar-refractivity contribution in [3.63, 3.8) is 0 Å². The smallest absolute Gasteiger partial charge is 0.161 e. The molecule has 5 nitrogen and oxygen atoms in total. The van der Waals surface area contributed by atoms with Crippen LogP contribution in [0.5, 0.6) is 11.5 Å². The van der Waals surface area contributed by atoms with E-state index < -0.39 is 0 Å². The van der Waals surface area contributed by atoms with Crippen LogP contribution in [0.4, 0.5) is 0 Å². The predicted molar refractivity (Wildman–Crippen MR) is 94.4 cm³/mol. The molecule has 0 amide bonds. The fraction of sp³-hybridized carbons (Fsp3) is 0.389. The van der Waals surface area contributed by atoms with Crippen LogP contribution in [-0.2, 0) is 13.2 Å². The highest BCUT2D eigenvalue weighted by atomic mass is 35.5. The van der Waals surface area contributed by atoms with Crippen LogP contribution in [0, 0.1) is 0 Å². The van der Waals surface area contributed by atoms with Crippen LogP contribution in [0.3, 0.4) is 0 Å². The maximum Gasteiger partial charge on any atom is 0.161 e. The number of quaternary nitrogens is 2. The summed E-state index contributed by atoms with van der Waals surface area (Å²) in [4.78, 5) is 4.05. The summed E-state index contributed by atoms with van der Waals surface area (Å²) in [5.41, 5.74) is 2.19. The predicted octanol–water partition coefficient (Wildman–Crippen LogP) is -5.02. The van der Waals surface area contributed by atoms with Crippen LogP contribution in [-0.4, -0.2) is 32.2 Å². The van der Waals surface area contributed by atoms with E-state index in [0.717, 1.165) is 30.2 Å². The molecular weight excluding hydrogens is 397 g/mol. The van der Waals surface area contributed by atoms with Gasteiger partial charge in [0.05, 0.1) is 27.2 Å². The van der Waals surface area contributed by atoms with Crippen molar-refractivity contribution in [1.82, 2.24) is 4.98 Å². The van der Waals surface area contributed by atoms with E-state index in [0.29, 0.717) is 11.8 Å². The molecule has 0 radical (unpaired) electrons. The van der Waals surface area contributed by atoms with Crippen molar-refractivity contribution in [2.75, 3.05) is 27.2 Å². The third-order valence-corrected chi connectivity index (χ3v) is 3.92. The molecule has 0 fully saturated rings. The molecular formula is C18H26Cl3N3O2. The summed E-state index contributed by atoms with van der Waals surface area (Å²) in [6, 6.07) is 9.75. The van der Waals surface area contributed by atoms with Gasteiger partial charge in [-0.1, -0.05) is 17.7 Å². The van der Waals surface area contributed by atoms with Gasteiger partial charge in [-0.3, -0.25) is 0 Å². The fourth-order valence-corrected chi connectivity index (χ4v) is 2.46. The van der Waals surface area contributed by atoms with Crippen molar-refractivity contribution < 1.29 is 44.9 Å². The summed E-state index contributed by atoms with van der Waals surface area (Å²) in [5.74, 6) is 1.49. The standard InChI is InChI=1S/C18H24ClN3O2.2ClH/c1-20-8-3-9-21-11-14-4-6-16(17(10-14)23-2)24-13-15-5-7-18(19)22-12-15;;/h4-7,10,12,20-21H,3,8-9,11,13H2,1-2H3;2*1H. The lowest BCUT2D eigenvalue weighted by atomic mass is 10.2. The lowest BCUT2D eigenvalue weighted by Gasteiger charge is -2.12. The summed E-state index contributed by atoms with van der Waals surface area (Å²) in [5, 5.41) is 5.01. The van der Waals surface area contributed by atoms with E-state index in [1.807, 2.05) is 18.2 Å². The highest BCUT2D eigenvalue weighted by molar-refractivity contribution is 6.29. The molecule has 1 heterocycles. The van der Waals surface area contributed by atoms with Crippen LogP contribution in [0.1, 0.15) is 17.5 Å². The number of rotatable bonds is 10. The monoisotopic (exact) mass is 421 g/mol. The maximum absolute atomic E-state index is 5.84. The van der Waals surface area contributed by atoms with Gasteiger partial charge in [0.1, 0.15) is 18.3 Å². The largest absolute Gasteiger partial charge is 1.00 e. The van der Waals surface area contributed by atoms with Crippen molar-refractivity contribution in [2.24, 2.45) is 0 Å². The van der Waals surface area contributed by atoms with Gasteiger partial charge >= 0.3 is 0 Å². The minimum atomic E-state index is 0. The van der Waals surface area contributed by atoms with Gasteiger partial charge in [0.2, 0.25) is 0 Å². The maximum atomic E-state index is 5.84. The van der Waals surface area contributed by atoms with E-state index in [2.05, 4.69) is 28.7 Å². The van der Waals surface area contributed by atoms with Gasteiger partial charge in [0, 0.05) is 23.7 Å². The topological polar surface area (TPSA) is 64.6 Å². The minimum absolute atomic E-state index is 0. The lowest BCUT2D eigenvalue weighted by Crippen LogP contribution is -3.00. The molecule has 8 heteroatoms. The Labute approximate surface area is 172 Å². The van der Waals surface area contributed by atoms with Crippen LogP contribution in [0.2, 0.25) is 5.15 Å². The van der Waals surface area contributed by atoms with Crippen molar-refractivity contribution in [3.05, 3.63) is 52.8 Å². The fourth-order valence-electron chi connectivity index (χ4n) is 2.35. The second-order valence-corrected chi connectivity index (χ2v) is 5.98. The number of benzene rings is 1. The number of nitrogens with zero attached hydrogens (tertiary/aromatic N) is 1. The van der Waals surface area contributed by atoms with Crippen LogP contribution >= 0.6 is 11.6 Å². The van der Waals surface area contributed by atoms with Crippen LogP contribution < -0.4 is 44.9 Å². The number of pyridine rings is 1. The first-order chi connectivity index (χ1) is 11.7. The van der Waals surface area contributed by atoms with Gasteiger partial charge in [-0.25, -0.2) is 4.98 Å². The zero-order valence-electron chi connectivity index (χ0n) is 15.1. The van der Waals surface area contributed by atoms with E-state index in [1.165, 1.54) is 18.5 Å². The number of hydrogen-bond acceptors (Lipinski definition) is 3.